The van der Waals surface area contributed by atoms with Gasteiger partial charge in [-0.15, -0.1) is 0 Å². The van der Waals surface area contributed by atoms with Gasteiger partial charge in [-0.2, -0.15) is 5.10 Å². The number of aryl methyl sites for hydroxylation is 2. The molecule has 0 radical (unpaired) electrons. The molecular formula is C18H25BrN4O2. The quantitative estimate of drug-likeness (QED) is 0.777. The molecule has 0 saturated carbocycles. The Balaban J connectivity index is 1.81. The van der Waals surface area contributed by atoms with Gasteiger partial charge in [0.25, 0.3) is 5.91 Å². The number of hydrogen-bond acceptors (Lipinski definition) is 4. The van der Waals surface area contributed by atoms with Gasteiger partial charge >= 0.3 is 0 Å². The number of rotatable bonds is 3. The lowest BCUT2D eigenvalue weighted by Crippen LogP contribution is -2.31. The summed E-state index contributed by atoms with van der Waals surface area (Å²) in [6.45, 7) is 7.22. The first kappa shape index (κ1) is 18.2. The number of amides is 1. The van der Waals surface area contributed by atoms with Crippen LogP contribution in [-0.4, -0.2) is 32.8 Å². The van der Waals surface area contributed by atoms with Crippen molar-refractivity contribution in [2.45, 2.75) is 46.6 Å². The molecule has 1 atom stereocenters. The van der Waals surface area contributed by atoms with E-state index in [9.17, 15) is 4.79 Å². The van der Waals surface area contributed by atoms with Crippen molar-refractivity contribution in [1.29, 1.82) is 0 Å². The minimum atomic E-state index is -0.104. The van der Waals surface area contributed by atoms with E-state index in [4.69, 9.17) is 4.52 Å². The number of nitrogens with zero attached hydrogens (tertiary/aromatic N) is 4. The summed E-state index contributed by atoms with van der Waals surface area (Å²) in [7, 11) is 3.65. The maximum absolute atomic E-state index is 12.9. The predicted octanol–water partition coefficient (Wildman–Crippen LogP) is 3.59. The lowest BCUT2D eigenvalue weighted by atomic mass is 9.71. The van der Waals surface area contributed by atoms with Crippen LogP contribution in [0.3, 0.4) is 0 Å². The van der Waals surface area contributed by atoms with E-state index >= 15 is 0 Å². The van der Waals surface area contributed by atoms with Gasteiger partial charge in [0.15, 0.2) is 5.69 Å². The molecule has 6 nitrogen and oxygen atoms in total. The third-order valence-corrected chi connectivity index (χ3v) is 5.87. The molecule has 1 amide bonds. The van der Waals surface area contributed by atoms with Crippen molar-refractivity contribution >= 4 is 21.8 Å². The molecule has 0 saturated heterocycles. The maximum atomic E-state index is 12.9. The van der Waals surface area contributed by atoms with Crippen molar-refractivity contribution < 1.29 is 9.32 Å². The second-order valence-electron chi connectivity index (χ2n) is 7.96. The first-order valence-corrected chi connectivity index (χ1v) is 9.37. The monoisotopic (exact) mass is 408 g/mol. The number of fused-ring (bicyclic) bond motifs is 1. The molecule has 0 N–H and O–H groups in total. The minimum Gasteiger partial charge on any atom is -0.360 e. The summed E-state index contributed by atoms with van der Waals surface area (Å²) in [6, 6.07) is 0. The Morgan fingerprint density at radius 2 is 2.20 bits per heavy atom. The fourth-order valence-electron chi connectivity index (χ4n) is 3.40. The Morgan fingerprint density at radius 3 is 2.80 bits per heavy atom. The lowest BCUT2D eigenvalue weighted by Gasteiger charge is -2.33. The van der Waals surface area contributed by atoms with E-state index in [1.165, 1.54) is 0 Å². The van der Waals surface area contributed by atoms with Gasteiger partial charge in [0.05, 0.1) is 22.9 Å². The second kappa shape index (κ2) is 6.59. The van der Waals surface area contributed by atoms with Crippen LogP contribution in [0.15, 0.2) is 15.2 Å². The predicted molar refractivity (Wildman–Crippen MR) is 98.2 cm³/mol. The van der Waals surface area contributed by atoms with Crippen molar-refractivity contribution in [3.63, 3.8) is 0 Å². The van der Waals surface area contributed by atoms with Gasteiger partial charge in [0, 0.05) is 26.1 Å². The number of carbonyl (C=O) groups is 1. The van der Waals surface area contributed by atoms with Crippen LogP contribution in [0.25, 0.3) is 0 Å². The van der Waals surface area contributed by atoms with Crippen LogP contribution in [0.1, 0.15) is 54.7 Å². The molecule has 0 aliphatic heterocycles. The smallest absolute Gasteiger partial charge is 0.276 e. The molecule has 2 aromatic rings. The Kier molecular flexibility index (Phi) is 4.79. The summed E-state index contributed by atoms with van der Waals surface area (Å²) in [5.74, 6) is 1.30. The van der Waals surface area contributed by atoms with Crippen LogP contribution in [0.5, 0.6) is 0 Å². The third kappa shape index (κ3) is 3.52. The van der Waals surface area contributed by atoms with Crippen molar-refractivity contribution in [2.24, 2.45) is 18.4 Å². The molecule has 1 aliphatic rings. The standard InChI is InChI=1S/C18H25BrN4O2/c1-18(2,3)11-6-7-15-12(8-11)16(21-25-15)17(24)22(4)10-14-13(19)9-20-23(14)5/h9,11H,6-8,10H2,1-5H3. The maximum Gasteiger partial charge on any atom is 0.276 e. The van der Waals surface area contributed by atoms with E-state index < -0.39 is 0 Å². The summed E-state index contributed by atoms with van der Waals surface area (Å²) in [5.41, 5.74) is 2.61. The average Bonchev–Trinajstić information content (AvgIpc) is 3.11. The molecule has 7 heteroatoms. The topological polar surface area (TPSA) is 64.2 Å². The lowest BCUT2D eigenvalue weighted by molar-refractivity contribution is 0.0769. The highest BCUT2D eigenvalue weighted by Gasteiger charge is 2.34. The van der Waals surface area contributed by atoms with Crippen LogP contribution in [0.2, 0.25) is 0 Å². The highest BCUT2D eigenvalue weighted by molar-refractivity contribution is 9.10. The summed E-state index contributed by atoms with van der Waals surface area (Å²) in [5, 5.41) is 8.31. The van der Waals surface area contributed by atoms with E-state index in [1.54, 1.807) is 22.8 Å². The number of halogens is 1. The third-order valence-electron chi connectivity index (χ3n) is 5.21. The Bertz CT molecular complexity index is 768. The molecule has 3 rings (SSSR count). The number of hydrogen-bond donors (Lipinski definition) is 0. The number of carbonyl (C=O) groups excluding carboxylic acids is 1. The molecule has 0 aromatic carbocycles. The molecule has 2 heterocycles. The normalized spacial score (nSPS) is 17.4. The summed E-state index contributed by atoms with van der Waals surface area (Å²) < 4.78 is 8.14. The van der Waals surface area contributed by atoms with E-state index in [-0.39, 0.29) is 11.3 Å². The zero-order chi connectivity index (χ0) is 18.4. The summed E-state index contributed by atoms with van der Waals surface area (Å²) in [6.07, 6.45) is 4.53. The number of aromatic nitrogens is 3. The van der Waals surface area contributed by atoms with Crippen LogP contribution >= 0.6 is 15.9 Å². The van der Waals surface area contributed by atoms with Gasteiger partial charge in [-0.25, -0.2) is 0 Å². The molecule has 136 valence electrons. The van der Waals surface area contributed by atoms with Gasteiger partial charge in [0.2, 0.25) is 0 Å². The molecule has 1 unspecified atom stereocenters. The van der Waals surface area contributed by atoms with Crippen LogP contribution in [-0.2, 0) is 26.4 Å². The van der Waals surface area contributed by atoms with E-state index in [1.807, 2.05) is 7.05 Å². The molecule has 0 bridgehead atoms. The summed E-state index contributed by atoms with van der Waals surface area (Å²) in [4.78, 5) is 14.6. The second-order valence-corrected chi connectivity index (χ2v) is 8.82. The Hall–Kier alpha value is -1.63. The van der Waals surface area contributed by atoms with Gasteiger partial charge in [0.1, 0.15) is 5.76 Å². The largest absolute Gasteiger partial charge is 0.360 e. The van der Waals surface area contributed by atoms with E-state index in [0.717, 1.165) is 40.8 Å². The van der Waals surface area contributed by atoms with Crippen molar-refractivity contribution in [3.05, 3.63) is 33.4 Å². The molecule has 25 heavy (non-hydrogen) atoms. The van der Waals surface area contributed by atoms with Crippen LogP contribution in [0.4, 0.5) is 0 Å². The van der Waals surface area contributed by atoms with Gasteiger partial charge in [-0.1, -0.05) is 25.9 Å². The zero-order valence-electron chi connectivity index (χ0n) is 15.5. The molecule has 0 spiro atoms. The first-order valence-electron chi connectivity index (χ1n) is 8.57. The average molecular weight is 409 g/mol. The minimum absolute atomic E-state index is 0.104. The fourth-order valence-corrected chi connectivity index (χ4v) is 3.88. The first-order chi connectivity index (χ1) is 11.7. The van der Waals surface area contributed by atoms with Gasteiger partial charge in [-0.3, -0.25) is 9.48 Å². The van der Waals surface area contributed by atoms with Crippen LogP contribution < -0.4 is 0 Å². The van der Waals surface area contributed by atoms with Crippen molar-refractivity contribution in [3.8, 4) is 0 Å². The molecule has 1 aliphatic carbocycles. The highest BCUT2D eigenvalue weighted by Crippen LogP contribution is 2.38. The van der Waals surface area contributed by atoms with Gasteiger partial charge < -0.3 is 9.42 Å². The molecule has 0 fully saturated rings. The zero-order valence-corrected chi connectivity index (χ0v) is 17.1. The van der Waals surface area contributed by atoms with Crippen LogP contribution in [0, 0.1) is 11.3 Å². The molecular weight excluding hydrogens is 384 g/mol. The Labute approximate surface area is 156 Å². The van der Waals surface area contributed by atoms with Crippen molar-refractivity contribution in [2.75, 3.05) is 7.05 Å². The summed E-state index contributed by atoms with van der Waals surface area (Å²) >= 11 is 3.48. The van der Waals surface area contributed by atoms with E-state index in [0.29, 0.717) is 18.2 Å². The van der Waals surface area contributed by atoms with Crippen molar-refractivity contribution in [1.82, 2.24) is 19.8 Å². The Morgan fingerprint density at radius 1 is 1.48 bits per heavy atom. The van der Waals surface area contributed by atoms with E-state index in [2.05, 4.69) is 47.0 Å². The fraction of sp³-hybridized carbons (Fsp3) is 0.611. The molecule has 2 aromatic heterocycles. The highest BCUT2D eigenvalue weighted by atomic mass is 79.9. The SMILES string of the molecule is CN(Cc1c(Br)cnn1C)C(=O)c1noc2c1CC(C(C)(C)C)CC2. The van der Waals surface area contributed by atoms with Gasteiger partial charge in [-0.05, 0) is 40.1 Å².